The first-order valence-corrected chi connectivity index (χ1v) is 18.4. The third-order valence-corrected chi connectivity index (χ3v) is 12.3. The summed E-state index contributed by atoms with van der Waals surface area (Å²) in [6.07, 6.45) is 11.0. The largest absolute Gasteiger partial charge is 0.496 e. The number of β-amino-alcohol motifs (C(OH)–C–C–N with tert-alkyl or cyclic N) is 1. The highest BCUT2D eigenvalue weighted by Crippen LogP contribution is 2.58. The number of fused-ring (bicyclic) bond motifs is 3. The maximum Gasteiger partial charge on any atom is 0.410 e. The smallest absolute Gasteiger partial charge is 0.410 e. The van der Waals surface area contributed by atoms with Gasteiger partial charge in [0.05, 0.1) is 38.2 Å². The van der Waals surface area contributed by atoms with Crippen molar-refractivity contribution in [2.75, 3.05) is 31.6 Å². The van der Waals surface area contributed by atoms with E-state index in [-0.39, 0.29) is 34.8 Å². The van der Waals surface area contributed by atoms with Crippen molar-refractivity contribution in [3.05, 3.63) is 65.7 Å². The molecule has 2 amide bonds. The first-order chi connectivity index (χ1) is 24.0. The highest BCUT2D eigenvalue weighted by Gasteiger charge is 2.51. The van der Waals surface area contributed by atoms with Crippen LogP contribution in [-0.2, 0) is 14.9 Å². The maximum absolute atomic E-state index is 16.0. The number of amides is 2. The van der Waals surface area contributed by atoms with Gasteiger partial charge in [0, 0.05) is 30.3 Å². The Labute approximate surface area is 294 Å². The van der Waals surface area contributed by atoms with Crippen LogP contribution in [0, 0.1) is 24.1 Å². The van der Waals surface area contributed by atoms with Crippen LogP contribution in [0.3, 0.4) is 0 Å². The molecule has 1 N–H and O–H groups in total. The van der Waals surface area contributed by atoms with Crippen molar-refractivity contribution in [3.63, 3.8) is 0 Å². The van der Waals surface area contributed by atoms with E-state index in [4.69, 9.17) is 9.47 Å². The molecule has 10 heteroatoms. The number of rotatable bonds is 9. The van der Waals surface area contributed by atoms with Crippen LogP contribution in [0.1, 0.15) is 95.2 Å². The molecule has 0 unspecified atom stereocenters. The van der Waals surface area contributed by atoms with E-state index >= 15 is 4.39 Å². The van der Waals surface area contributed by atoms with Crippen molar-refractivity contribution in [2.45, 2.75) is 109 Å². The Kier molecular flexibility index (Phi) is 9.43. The van der Waals surface area contributed by atoms with Gasteiger partial charge in [0.15, 0.2) is 0 Å². The van der Waals surface area contributed by atoms with Gasteiger partial charge in [-0.2, -0.15) is 5.10 Å². The summed E-state index contributed by atoms with van der Waals surface area (Å²) in [6, 6.07) is 11.9. The van der Waals surface area contributed by atoms with Gasteiger partial charge in [-0.05, 0) is 131 Å². The van der Waals surface area contributed by atoms with E-state index < -0.39 is 18.0 Å². The Morgan fingerprint density at radius 1 is 1.00 bits per heavy atom. The van der Waals surface area contributed by atoms with Crippen LogP contribution < -0.4 is 9.64 Å². The standard InChI is InChI=1S/C40H51FN4O5/c1-26(2)45-22-30(21-42-45)29-7-11-34(41)35(20-29)44(37(47)28-5-9-33(10-6-28)50-38(48)43-23-32(46)24-43)25-39-13-16-40(17-14-39,18-15-39)31-8-12-36(49-4)27(3)19-31/h7-8,11-12,19-22,26,28,32-33,46H,5-6,9-10,13-18,23-25H2,1-4H3. The molecule has 3 aromatic rings. The van der Waals surface area contributed by atoms with E-state index in [1.54, 1.807) is 24.3 Å². The molecule has 1 aromatic heterocycles. The number of methoxy groups -OCH3 is 1. The van der Waals surface area contributed by atoms with Gasteiger partial charge in [-0.25, -0.2) is 9.18 Å². The predicted octanol–water partition coefficient (Wildman–Crippen LogP) is 7.58. The zero-order chi connectivity index (χ0) is 35.2. The summed E-state index contributed by atoms with van der Waals surface area (Å²) in [5.74, 6) is 0.178. The molecule has 2 bridgehead atoms. The lowest BCUT2D eigenvalue weighted by molar-refractivity contribution is -0.124. The zero-order valence-corrected chi connectivity index (χ0v) is 29.9. The van der Waals surface area contributed by atoms with Crippen LogP contribution in [0.25, 0.3) is 11.1 Å². The molecular weight excluding hydrogens is 635 g/mol. The van der Waals surface area contributed by atoms with Gasteiger partial charge < -0.3 is 24.4 Å². The second kappa shape index (κ2) is 13.7. The zero-order valence-electron chi connectivity index (χ0n) is 29.9. The van der Waals surface area contributed by atoms with Gasteiger partial charge in [-0.1, -0.05) is 18.2 Å². The Bertz CT molecular complexity index is 1700. The van der Waals surface area contributed by atoms with Gasteiger partial charge >= 0.3 is 6.09 Å². The summed E-state index contributed by atoms with van der Waals surface area (Å²) in [4.78, 5) is 30.4. The summed E-state index contributed by atoms with van der Waals surface area (Å²) in [5, 5.41) is 14.1. The SMILES string of the molecule is COc1ccc(C23CCC(CN(C(=O)C4CCC(OC(=O)N5CC(O)C5)CC4)c4cc(-c5cnn(C(C)C)c5)ccc4F)(CC2)CC3)cc1C. The lowest BCUT2D eigenvalue weighted by Gasteiger charge is -2.55. The number of likely N-dealkylation sites (tertiary alicyclic amines) is 1. The number of ether oxygens (including phenoxy) is 2. The van der Waals surface area contributed by atoms with E-state index in [1.165, 1.54) is 16.5 Å². The van der Waals surface area contributed by atoms with Crippen molar-refractivity contribution in [1.82, 2.24) is 14.7 Å². The molecule has 9 nitrogen and oxygen atoms in total. The quantitative estimate of drug-likeness (QED) is 0.249. The molecule has 2 heterocycles. The average molecular weight is 687 g/mol. The van der Waals surface area contributed by atoms with Crippen LogP contribution in [0.5, 0.6) is 5.75 Å². The number of halogens is 1. The molecule has 4 saturated carbocycles. The van der Waals surface area contributed by atoms with Gasteiger partial charge in [-0.15, -0.1) is 0 Å². The fourth-order valence-electron chi connectivity index (χ4n) is 8.90. The summed E-state index contributed by atoms with van der Waals surface area (Å²) in [7, 11) is 1.71. The second-order valence-corrected chi connectivity index (χ2v) is 15.8. The number of carbonyl (C=O) groups is 2. The third-order valence-electron chi connectivity index (χ3n) is 12.3. The van der Waals surface area contributed by atoms with E-state index in [0.717, 1.165) is 61.0 Å². The molecule has 0 radical (unpaired) electrons. The molecular formula is C40H51FN4O5. The molecule has 5 fully saturated rings. The number of nitrogens with zero attached hydrogens (tertiary/aromatic N) is 4. The van der Waals surface area contributed by atoms with Gasteiger partial charge in [0.1, 0.15) is 17.7 Å². The molecule has 0 atom stereocenters. The highest BCUT2D eigenvalue weighted by molar-refractivity contribution is 5.96. The minimum absolute atomic E-state index is 0.0443. The number of aromatic nitrogens is 2. The molecule has 50 heavy (non-hydrogen) atoms. The van der Waals surface area contributed by atoms with Crippen molar-refractivity contribution in [1.29, 1.82) is 0 Å². The van der Waals surface area contributed by atoms with E-state index in [2.05, 4.69) is 44.1 Å². The molecule has 1 saturated heterocycles. The van der Waals surface area contributed by atoms with Crippen LogP contribution >= 0.6 is 0 Å². The molecule has 268 valence electrons. The highest BCUT2D eigenvalue weighted by atomic mass is 19.1. The molecule has 2 aromatic carbocycles. The lowest BCUT2D eigenvalue weighted by atomic mass is 9.51. The second-order valence-electron chi connectivity index (χ2n) is 15.8. The molecule has 0 spiro atoms. The summed E-state index contributed by atoms with van der Waals surface area (Å²) in [6.45, 7) is 7.32. The minimum atomic E-state index is -0.483. The fourth-order valence-corrected chi connectivity index (χ4v) is 8.90. The minimum Gasteiger partial charge on any atom is -0.496 e. The molecule has 1 aliphatic heterocycles. The van der Waals surface area contributed by atoms with Crippen LogP contribution in [0.4, 0.5) is 14.9 Å². The van der Waals surface area contributed by atoms with Crippen LogP contribution in [0.15, 0.2) is 48.8 Å². The summed E-state index contributed by atoms with van der Waals surface area (Å²) >= 11 is 0. The van der Waals surface area contributed by atoms with Gasteiger partial charge in [-0.3, -0.25) is 9.48 Å². The van der Waals surface area contributed by atoms with Crippen molar-refractivity contribution < 1.29 is 28.6 Å². The monoisotopic (exact) mass is 686 g/mol. The average Bonchev–Trinajstić information content (AvgIpc) is 3.61. The number of aliphatic hydroxyl groups excluding tert-OH is 1. The number of hydrogen-bond acceptors (Lipinski definition) is 6. The number of aryl methyl sites for hydroxylation is 1. The Hall–Kier alpha value is -3.92. The Balaban J connectivity index is 1.12. The Morgan fingerprint density at radius 3 is 2.30 bits per heavy atom. The van der Waals surface area contributed by atoms with Gasteiger partial charge in [0.2, 0.25) is 5.91 Å². The van der Waals surface area contributed by atoms with E-state index in [1.807, 2.05) is 16.9 Å². The molecule has 4 aliphatic carbocycles. The maximum atomic E-state index is 16.0. The van der Waals surface area contributed by atoms with Crippen molar-refractivity contribution in [3.8, 4) is 16.9 Å². The number of aliphatic hydroxyl groups is 1. The van der Waals surface area contributed by atoms with Crippen LogP contribution in [0.2, 0.25) is 0 Å². The normalized spacial score (nSPS) is 26.5. The predicted molar refractivity (Wildman–Crippen MR) is 190 cm³/mol. The van der Waals surface area contributed by atoms with Crippen LogP contribution in [-0.4, -0.2) is 70.7 Å². The molecule has 5 aliphatic rings. The van der Waals surface area contributed by atoms with Crippen molar-refractivity contribution in [2.24, 2.45) is 11.3 Å². The first-order valence-electron chi connectivity index (χ1n) is 18.4. The lowest BCUT2D eigenvalue weighted by Crippen LogP contribution is -2.54. The molecule has 8 rings (SSSR count). The van der Waals surface area contributed by atoms with Gasteiger partial charge in [0.25, 0.3) is 0 Å². The number of benzene rings is 2. The first kappa shape index (κ1) is 34.5. The van der Waals surface area contributed by atoms with E-state index in [9.17, 15) is 14.7 Å². The summed E-state index contributed by atoms with van der Waals surface area (Å²) < 4.78 is 29.2. The number of anilines is 1. The topological polar surface area (TPSA) is 97.1 Å². The Morgan fingerprint density at radius 2 is 1.70 bits per heavy atom. The number of hydrogen-bond donors (Lipinski definition) is 1. The summed E-state index contributed by atoms with van der Waals surface area (Å²) in [5.41, 5.74) is 4.61. The fraction of sp³-hybridized carbons (Fsp3) is 0.575. The third kappa shape index (κ3) is 6.63. The number of carbonyl (C=O) groups excluding carboxylic acids is 2. The van der Waals surface area contributed by atoms with Crippen molar-refractivity contribution >= 4 is 17.7 Å². The van der Waals surface area contributed by atoms with E-state index in [0.29, 0.717) is 51.0 Å².